The summed E-state index contributed by atoms with van der Waals surface area (Å²) in [4.78, 5) is 58.2. The zero-order valence-corrected chi connectivity index (χ0v) is 31.8. The number of fused-ring (bicyclic) bond motifs is 1. The topological polar surface area (TPSA) is 146 Å². The van der Waals surface area contributed by atoms with Crippen molar-refractivity contribution >= 4 is 28.9 Å². The molecule has 2 unspecified atom stereocenters. The number of rotatable bonds is 8. The van der Waals surface area contributed by atoms with Gasteiger partial charge in [-0.25, -0.2) is 19.6 Å². The summed E-state index contributed by atoms with van der Waals surface area (Å²) in [5.74, 6) is 1.29. The van der Waals surface area contributed by atoms with Crippen molar-refractivity contribution in [3.63, 3.8) is 0 Å². The minimum absolute atomic E-state index is 0.0953. The van der Waals surface area contributed by atoms with Crippen LogP contribution in [0.15, 0.2) is 73.1 Å². The first-order valence-electron chi connectivity index (χ1n) is 18.8. The standard InChI is InChI=1S/C42H49N7O5/c1-25(2)36(47-40(51)53-6)39(50)48-19-7-9-34(48)37-43-23-32(45-37)27-13-11-26(12-14-27)28-15-16-30-22-31(18-17-29(30)21-28)33-24-44-38(46-33)35-10-8-20-49(35)41(52)54-42(3,4)5/h11-18,21-25,34-36H,7-10,19-20H2,1-6H3,(H,43,45)(H,44,46)(H,47,51)/t34?,35?,36-/m0/s1. The van der Waals surface area contributed by atoms with Gasteiger partial charge in [0.1, 0.15) is 23.3 Å². The molecular formula is C42H49N7O5. The number of likely N-dealkylation sites (tertiary alicyclic amines) is 2. The Hall–Kier alpha value is -5.65. The first-order valence-corrected chi connectivity index (χ1v) is 18.8. The second-order valence-corrected chi connectivity index (χ2v) is 15.6. The van der Waals surface area contributed by atoms with E-state index in [2.05, 4.69) is 85.9 Å². The maximum atomic E-state index is 13.5. The van der Waals surface area contributed by atoms with E-state index in [1.54, 1.807) is 4.90 Å². The molecule has 0 radical (unpaired) electrons. The van der Waals surface area contributed by atoms with E-state index in [9.17, 15) is 14.4 Å². The van der Waals surface area contributed by atoms with Crippen LogP contribution in [0, 0.1) is 5.92 Å². The molecule has 3 aromatic carbocycles. The summed E-state index contributed by atoms with van der Waals surface area (Å²) in [5, 5.41) is 4.95. The van der Waals surface area contributed by atoms with Crippen LogP contribution in [-0.2, 0) is 14.3 Å². The lowest BCUT2D eigenvalue weighted by molar-refractivity contribution is -0.135. The smallest absolute Gasteiger partial charge is 0.410 e. The van der Waals surface area contributed by atoms with Crippen LogP contribution in [0.25, 0.3) is 44.4 Å². The predicted molar refractivity (Wildman–Crippen MR) is 207 cm³/mol. The van der Waals surface area contributed by atoms with Gasteiger partial charge in [0.15, 0.2) is 0 Å². The number of nitrogens with zero attached hydrogens (tertiary/aromatic N) is 4. The van der Waals surface area contributed by atoms with E-state index in [1.165, 1.54) is 7.11 Å². The lowest BCUT2D eigenvalue weighted by Crippen LogP contribution is -2.51. The highest BCUT2D eigenvalue weighted by Gasteiger charge is 2.38. The molecule has 2 saturated heterocycles. The van der Waals surface area contributed by atoms with Crippen LogP contribution in [0.5, 0.6) is 0 Å². The van der Waals surface area contributed by atoms with Gasteiger partial charge in [0.05, 0.1) is 43.0 Å². The maximum absolute atomic E-state index is 13.5. The van der Waals surface area contributed by atoms with Crippen LogP contribution in [0.3, 0.4) is 0 Å². The van der Waals surface area contributed by atoms with E-state index in [0.29, 0.717) is 13.1 Å². The molecule has 0 bridgehead atoms. The van der Waals surface area contributed by atoms with E-state index in [4.69, 9.17) is 9.47 Å². The molecule has 3 N–H and O–H groups in total. The summed E-state index contributed by atoms with van der Waals surface area (Å²) < 4.78 is 10.4. The van der Waals surface area contributed by atoms with Gasteiger partial charge >= 0.3 is 12.2 Å². The molecule has 282 valence electrons. The number of hydrogen-bond donors (Lipinski definition) is 3. The molecule has 2 fully saturated rings. The Morgan fingerprint density at radius 2 is 1.28 bits per heavy atom. The number of amides is 3. The van der Waals surface area contributed by atoms with E-state index >= 15 is 0 Å². The number of H-pyrrole nitrogens is 2. The van der Waals surface area contributed by atoms with Gasteiger partial charge in [-0.3, -0.25) is 9.69 Å². The summed E-state index contributed by atoms with van der Waals surface area (Å²) in [7, 11) is 1.30. The fourth-order valence-corrected chi connectivity index (χ4v) is 7.52. The van der Waals surface area contributed by atoms with Crippen molar-refractivity contribution in [2.24, 2.45) is 5.92 Å². The maximum Gasteiger partial charge on any atom is 0.410 e. The monoisotopic (exact) mass is 731 g/mol. The minimum atomic E-state index is -0.677. The lowest BCUT2D eigenvalue weighted by Gasteiger charge is -2.30. The summed E-state index contributed by atoms with van der Waals surface area (Å²) in [6, 6.07) is 20.2. The third-order valence-electron chi connectivity index (χ3n) is 10.3. The Morgan fingerprint density at radius 1 is 0.759 bits per heavy atom. The molecule has 2 aliphatic heterocycles. The Labute approximate surface area is 315 Å². The second-order valence-electron chi connectivity index (χ2n) is 15.6. The summed E-state index contributed by atoms with van der Waals surface area (Å²) >= 11 is 0. The number of benzene rings is 3. The van der Waals surface area contributed by atoms with E-state index in [1.807, 2.05) is 51.9 Å². The van der Waals surface area contributed by atoms with E-state index in [-0.39, 0.29) is 30.0 Å². The summed E-state index contributed by atoms with van der Waals surface area (Å²) in [5.41, 5.74) is 5.47. The van der Waals surface area contributed by atoms with E-state index < -0.39 is 17.7 Å². The highest BCUT2D eigenvalue weighted by Crippen LogP contribution is 2.35. The number of carbonyl (C=O) groups is 3. The molecule has 12 heteroatoms. The molecule has 12 nitrogen and oxygen atoms in total. The molecule has 7 rings (SSSR count). The Kier molecular flexibility index (Phi) is 10.2. The summed E-state index contributed by atoms with van der Waals surface area (Å²) in [6.45, 7) is 10.7. The zero-order valence-electron chi connectivity index (χ0n) is 31.8. The fourth-order valence-electron chi connectivity index (χ4n) is 7.52. The second kappa shape index (κ2) is 15.0. The molecular weight excluding hydrogens is 683 g/mol. The van der Waals surface area contributed by atoms with Gasteiger partial charge in [0, 0.05) is 18.7 Å². The number of hydrogen-bond acceptors (Lipinski definition) is 7. The van der Waals surface area contributed by atoms with Gasteiger partial charge in [-0.2, -0.15) is 0 Å². The van der Waals surface area contributed by atoms with Crippen molar-refractivity contribution in [1.29, 1.82) is 0 Å². The molecule has 4 heterocycles. The average Bonchev–Trinajstić information content (AvgIpc) is 3.98. The van der Waals surface area contributed by atoms with Crippen molar-refractivity contribution in [2.75, 3.05) is 20.2 Å². The molecule has 3 amide bonds. The van der Waals surface area contributed by atoms with Gasteiger partial charge in [-0.05, 0) is 92.0 Å². The first kappa shape index (κ1) is 36.7. The van der Waals surface area contributed by atoms with Crippen LogP contribution in [0.4, 0.5) is 9.59 Å². The van der Waals surface area contributed by atoms with Gasteiger partial charge in [-0.15, -0.1) is 0 Å². The highest BCUT2D eigenvalue weighted by molar-refractivity contribution is 5.91. The van der Waals surface area contributed by atoms with Crippen LogP contribution in [0.1, 0.15) is 84.0 Å². The van der Waals surface area contributed by atoms with Crippen molar-refractivity contribution in [3.05, 3.63) is 84.7 Å². The number of methoxy groups -OCH3 is 1. The van der Waals surface area contributed by atoms with Gasteiger partial charge in [0.2, 0.25) is 5.91 Å². The van der Waals surface area contributed by atoms with E-state index in [0.717, 1.165) is 81.7 Å². The quantitative estimate of drug-likeness (QED) is 0.145. The summed E-state index contributed by atoms with van der Waals surface area (Å²) in [6.07, 6.45) is 6.15. The van der Waals surface area contributed by atoms with Crippen molar-refractivity contribution in [2.45, 2.75) is 84.0 Å². The van der Waals surface area contributed by atoms with Gasteiger partial charge in [0.25, 0.3) is 0 Å². The van der Waals surface area contributed by atoms with Gasteiger partial charge < -0.3 is 29.7 Å². The Bertz CT molecular complexity index is 2150. The predicted octanol–water partition coefficient (Wildman–Crippen LogP) is 8.40. The molecule has 0 spiro atoms. The van der Waals surface area contributed by atoms with Crippen molar-refractivity contribution < 1.29 is 23.9 Å². The Morgan fingerprint density at radius 3 is 1.87 bits per heavy atom. The number of alkyl carbamates (subject to hydrolysis) is 1. The first-order chi connectivity index (χ1) is 25.9. The molecule has 2 aromatic heterocycles. The van der Waals surface area contributed by atoms with Crippen LogP contribution >= 0.6 is 0 Å². The largest absolute Gasteiger partial charge is 0.453 e. The van der Waals surface area contributed by atoms with Crippen LogP contribution in [0.2, 0.25) is 0 Å². The molecule has 54 heavy (non-hydrogen) atoms. The average molecular weight is 732 g/mol. The molecule has 5 aromatic rings. The lowest BCUT2D eigenvalue weighted by atomic mass is 9.98. The third kappa shape index (κ3) is 7.69. The normalized spacial score (nSPS) is 18.0. The number of ether oxygens (including phenoxy) is 2. The number of imidazole rings is 2. The number of nitrogens with one attached hydrogen (secondary N) is 3. The van der Waals surface area contributed by atoms with Gasteiger partial charge in [-0.1, -0.05) is 62.4 Å². The van der Waals surface area contributed by atoms with Crippen molar-refractivity contribution in [1.82, 2.24) is 35.1 Å². The minimum Gasteiger partial charge on any atom is -0.453 e. The highest BCUT2D eigenvalue weighted by atomic mass is 16.6. The van der Waals surface area contributed by atoms with Crippen molar-refractivity contribution in [3.8, 4) is 33.6 Å². The molecule has 3 atom stereocenters. The van der Waals surface area contributed by atoms with Crippen LogP contribution in [-0.4, -0.2) is 79.7 Å². The number of carbonyl (C=O) groups excluding carboxylic acids is 3. The number of aromatic amines is 2. The third-order valence-corrected chi connectivity index (χ3v) is 10.3. The SMILES string of the molecule is COC(=O)N[C@H](C(=O)N1CCCC1c1ncc(-c2ccc(-c3ccc4cc(-c5cnc(C6CCCN6C(=O)OC(C)(C)C)[nH]5)ccc4c3)cc2)[nH]1)C(C)C. The Balaban J connectivity index is 1.03. The zero-order chi connectivity index (χ0) is 38.1. The molecule has 0 saturated carbocycles. The fraction of sp³-hybridized carbons (Fsp3) is 0.405. The molecule has 2 aliphatic rings. The van der Waals surface area contributed by atoms with Crippen LogP contribution < -0.4 is 5.32 Å². The number of aromatic nitrogens is 4. The molecule has 0 aliphatic carbocycles.